The summed E-state index contributed by atoms with van der Waals surface area (Å²) in [4.78, 5) is 14.7. The van der Waals surface area contributed by atoms with E-state index >= 15 is 4.39 Å². The second kappa shape index (κ2) is 20.9. The van der Waals surface area contributed by atoms with Gasteiger partial charge in [0.1, 0.15) is 21.4 Å². The van der Waals surface area contributed by atoms with Crippen LogP contribution in [0.5, 0.6) is 5.75 Å². The Kier molecular flexibility index (Phi) is 16.0. The minimum atomic E-state index is -4.32. The van der Waals surface area contributed by atoms with Gasteiger partial charge in [0.2, 0.25) is 9.84 Å². The third-order valence-electron chi connectivity index (χ3n) is 12.5. The molecular weight excluding hydrogens is 746 g/mol. The Bertz CT molecular complexity index is 1840. The SMILES string of the molecule is CCCCCCCCCCCCOc1ccc(S(=O)(=O)c2cnc3ccc(S(C)=O)cc3c2N2CCC(N3CCC(N4CCN(CC)CC4)CC3)CC2)c(F)c1. The Morgan fingerprint density at radius 1 is 0.750 bits per heavy atom. The van der Waals surface area contributed by atoms with Crippen molar-refractivity contribution in [2.45, 2.75) is 131 Å². The van der Waals surface area contributed by atoms with Crippen LogP contribution >= 0.6 is 0 Å². The summed E-state index contributed by atoms with van der Waals surface area (Å²) in [5, 5.41) is 0.623. The van der Waals surface area contributed by atoms with Gasteiger partial charge in [-0.1, -0.05) is 71.6 Å². The van der Waals surface area contributed by atoms with E-state index in [1.54, 1.807) is 30.5 Å². The van der Waals surface area contributed by atoms with Crippen molar-refractivity contribution in [3.05, 3.63) is 48.4 Å². The molecule has 9 nitrogen and oxygen atoms in total. The second-order valence-corrected chi connectivity index (χ2v) is 19.5. The molecule has 3 aliphatic rings. The molecule has 0 bridgehead atoms. The van der Waals surface area contributed by atoms with E-state index in [4.69, 9.17) is 4.74 Å². The molecule has 2 aromatic carbocycles. The largest absolute Gasteiger partial charge is 0.493 e. The number of likely N-dealkylation sites (N-methyl/N-ethyl adjacent to an activating group) is 1. The summed E-state index contributed by atoms with van der Waals surface area (Å²) in [6.07, 6.45) is 19.3. The van der Waals surface area contributed by atoms with Crippen molar-refractivity contribution >= 4 is 37.2 Å². The number of sulfone groups is 1. The molecule has 1 unspecified atom stereocenters. The number of pyridine rings is 1. The topological polar surface area (TPSA) is 86.3 Å². The minimum absolute atomic E-state index is 0.0237. The smallest absolute Gasteiger partial charge is 0.213 e. The molecule has 0 N–H and O–H groups in total. The summed E-state index contributed by atoms with van der Waals surface area (Å²) in [5.74, 6) is -0.510. The van der Waals surface area contributed by atoms with Gasteiger partial charge in [-0.2, -0.15) is 0 Å². The molecule has 0 aliphatic carbocycles. The Hall–Kier alpha value is -2.64. The fourth-order valence-electron chi connectivity index (χ4n) is 9.04. The Balaban J connectivity index is 1.11. The van der Waals surface area contributed by atoms with Crippen molar-refractivity contribution in [2.75, 3.05) is 76.7 Å². The Morgan fingerprint density at radius 2 is 1.36 bits per heavy atom. The summed E-state index contributed by atoms with van der Waals surface area (Å²) in [7, 11) is -5.60. The molecule has 310 valence electrons. The molecule has 4 heterocycles. The zero-order valence-corrected chi connectivity index (χ0v) is 35.9. The molecule has 0 saturated carbocycles. The van der Waals surface area contributed by atoms with Crippen molar-refractivity contribution in [2.24, 2.45) is 0 Å². The van der Waals surface area contributed by atoms with Gasteiger partial charge >= 0.3 is 0 Å². The van der Waals surface area contributed by atoms with E-state index in [1.165, 1.54) is 76.1 Å². The van der Waals surface area contributed by atoms with Crippen molar-refractivity contribution in [3.8, 4) is 5.75 Å². The van der Waals surface area contributed by atoms with Crippen molar-refractivity contribution in [1.82, 2.24) is 19.7 Å². The molecule has 1 atom stereocenters. The van der Waals surface area contributed by atoms with Crippen LogP contribution in [0.3, 0.4) is 0 Å². The van der Waals surface area contributed by atoms with E-state index in [0.29, 0.717) is 59.0 Å². The fourth-order valence-corrected chi connectivity index (χ4v) is 11.1. The molecule has 0 radical (unpaired) electrons. The van der Waals surface area contributed by atoms with Gasteiger partial charge < -0.3 is 19.4 Å². The molecule has 6 rings (SSSR count). The first-order chi connectivity index (χ1) is 27.2. The molecule has 3 aromatic rings. The quantitative estimate of drug-likeness (QED) is 0.111. The van der Waals surface area contributed by atoms with E-state index in [1.807, 2.05) is 0 Å². The molecule has 3 fully saturated rings. The molecule has 0 amide bonds. The number of ether oxygens (including phenoxy) is 1. The lowest BCUT2D eigenvalue weighted by Crippen LogP contribution is -2.55. The molecular formula is C44H66FN5O4S2. The number of aromatic nitrogens is 1. The predicted molar refractivity (Wildman–Crippen MR) is 227 cm³/mol. The van der Waals surface area contributed by atoms with Crippen LogP contribution in [-0.4, -0.2) is 116 Å². The highest BCUT2D eigenvalue weighted by Gasteiger charge is 2.34. The van der Waals surface area contributed by atoms with Crippen LogP contribution in [0, 0.1) is 5.82 Å². The number of anilines is 1. The zero-order valence-electron chi connectivity index (χ0n) is 34.2. The average molecular weight is 812 g/mol. The number of rotatable bonds is 19. The first kappa shape index (κ1) is 43.0. The molecule has 1 aromatic heterocycles. The van der Waals surface area contributed by atoms with Gasteiger partial charge in [0.15, 0.2) is 0 Å². The Morgan fingerprint density at radius 3 is 1.96 bits per heavy atom. The van der Waals surface area contributed by atoms with E-state index in [9.17, 15) is 12.6 Å². The van der Waals surface area contributed by atoms with Gasteiger partial charge in [-0.15, -0.1) is 0 Å². The number of unbranched alkanes of at least 4 members (excludes halogenated alkanes) is 9. The monoisotopic (exact) mass is 811 g/mol. The maximum Gasteiger partial charge on any atom is 0.213 e. The van der Waals surface area contributed by atoms with Gasteiger partial charge in [-0.05, 0) is 82.1 Å². The van der Waals surface area contributed by atoms with Gasteiger partial charge in [0, 0.05) is 91.0 Å². The number of piperidine rings is 2. The van der Waals surface area contributed by atoms with Gasteiger partial charge in [-0.3, -0.25) is 14.1 Å². The first-order valence-corrected chi connectivity index (χ1v) is 24.6. The third-order valence-corrected chi connectivity index (χ3v) is 15.2. The molecule has 12 heteroatoms. The molecule has 3 aliphatic heterocycles. The van der Waals surface area contributed by atoms with E-state index in [-0.39, 0.29) is 4.90 Å². The van der Waals surface area contributed by atoms with E-state index < -0.39 is 31.3 Å². The highest BCUT2D eigenvalue weighted by Crippen LogP contribution is 2.39. The van der Waals surface area contributed by atoms with Crippen LogP contribution in [0.2, 0.25) is 0 Å². The van der Waals surface area contributed by atoms with Gasteiger partial charge in [-0.25, -0.2) is 12.8 Å². The number of hydrogen-bond donors (Lipinski definition) is 0. The highest BCUT2D eigenvalue weighted by atomic mass is 32.2. The van der Waals surface area contributed by atoms with Crippen molar-refractivity contribution in [1.29, 1.82) is 0 Å². The van der Waals surface area contributed by atoms with Crippen LogP contribution in [0.25, 0.3) is 10.9 Å². The summed E-state index contributed by atoms with van der Waals surface area (Å²) in [6.45, 7) is 14.2. The number of hydrogen-bond acceptors (Lipinski definition) is 9. The summed E-state index contributed by atoms with van der Waals surface area (Å²) in [5.41, 5.74) is 1.14. The lowest BCUT2D eigenvalue weighted by molar-refractivity contribution is 0.0449. The van der Waals surface area contributed by atoms with Crippen LogP contribution in [0.1, 0.15) is 104 Å². The number of fused-ring (bicyclic) bond motifs is 1. The summed E-state index contributed by atoms with van der Waals surface area (Å²) in [6, 6.07) is 10.5. The maximum atomic E-state index is 15.8. The second-order valence-electron chi connectivity index (χ2n) is 16.2. The first-order valence-electron chi connectivity index (χ1n) is 21.6. The normalized spacial score (nSPS) is 19.2. The van der Waals surface area contributed by atoms with Crippen LogP contribution in [-0.2, 0) is 20.6 Å². The standard InChI is InChI=1S/C44H66FN5O4S2/c1-4-6-7-8-9-10-11-12-13-14-31-54-37-15-18-42(40(45)32-37)56(52,53)43-34-46-41-17-16-38(55(3)51)33-39(41)44(43)50-25-21-35(22-26-50)48-23-19-36(20-24-48)49-29-27-47(5-2)28-30-49/h15-18,32-36H,4-14,19-31H2,1-3H3. The fraction of sp³-hybridized carbons (Fsp3) is 0.659. The van der Waals surface area contributed by atoms with E-state index in [0.717, 1.165) is 77.9 Å². The molecule has 3 saturated heterocycles. The number of nitrogens with zero attached hydrogens (tertiary/aromatic N) is 5. The number of piperazine rings is 1. The van der Waals surface area contributed by atoms with Gasteiger partial charge in [0.25, 0.3) is 0 Å². The number of benzene rings is 2. The Labute approximate surface area is 338 Å². The predicted octanol–water partition coefficient (Wildman–Crippen LogP) is 8.31. The minimum Gasteiger partial charge on any atom is -0.493 e. The third kappa shape index (κ3) is 10.9. The average Bonchev–Trinajstić information content (AvgIpc) is 3.22. The lowest BCUT2D eigenvalue weighted by Gasteiger charge is -2.46. The summed E-state index contributed by atoms with van der Waals surface area (Å²) < 4.78 is 63.1. The highest BCUT2D eigenvalue weighted by molar-refractivity contribution is 7.91. The zero-order chi connectivity index (χ0) is 39.5. The van der Waals surface area contributed by atoms with Crippen molar-refractivity contribution < 1.29 is 21.8 Å². The lowest BCUT2D eigenvalue weighted by atomic mass is 9.96. The maximum absolute atomic E-state index is 15.8. The number of likely N-dealkylation sites (tertiary alicyclic amines) is 1. The van der Waals surface area contributed by atoms with Crippen LogP contribution in [0.4, 0.5) is 10.1 Å². The molecule has 56 heavy (non-hydrogen) atoms. The van der Waals surface area contributed by atoms with Crippen LogP contribution in [0.15, 0.2) is 57.3 Å². The molecule has 0 spiro atoms. The summed E-state index contributed by atoms with van der Waals surface area (Å²) >= 11 is 0. The number of halogens is 1. The van der Waals surface area contributed by atoms with Crippen molar-refractivity contribution in [3.63, 3.8) is 0 Å². The van der Waals surface area contributed by atoms with E-state index in [2.05, 4.69) is 38.4 Å². The van der Waals surface area contributed by atoms with Crippen LogP contribution < -0.4 is 9.64 Å². The van der Waals surface area contributed by atoms with Gasteiger partial charge in [0.05, 0.1) is 17.8 Å².